The summed E-state index contributed by atoms with van der Waals surface area (Å²) in [5.74, 6) is -1.91. The van der Waals surface area contributed by atoms with Gasteiger partial charge in [-0.05, 0) is 32.9 Å². The first-order valence-electron chi connectivity index (χ1n) is 7.06. The Labute approximate surface area is 124 Å². The number of hydrogen-bond acceptors (Lipinski definition) is 3. The van der Waals surface area contributed by atoms with Crippen LogP contribution < -0.4 is 4.74 Å². The maximum atomic E-state index is 14.3. The molecule has 1 aromatic rings. The molecule has 1 aromatic carbocycles. The van der Waals surface area contributed by atoms with Crippen molar-refractivity contribution in [1.29, 1.82) is 0 Å². The zero-order chi connectivity index (χ0) is 15.8. The molecule has 0 aromatic heterocycles. The van der Waals surface area contributed by atoms with E-state index in [4.69, 9.17) is 4.74 Å². The maximum Gasteiger partial charge on any atom is 0.308 e. The van der Waals surface area contributed by atoms with E-state index in [-0.39, 0.29) is 5.54 Å². The van der Waals surface area contributed by atoms with Crippen molar-refractivity contribution < 1.29 is 19.0 Å². The Hall–Kier alpha value is -1.62. The highest BCUT2D eigenvalue weighted by molar-refractivity contribution is 5.72. The lowest BCUT2D eigenvalue weighted by molar-refractivity contribution is -0.141. The van der Waals surface area contributed by atoms with Crippen LogP contribution in [0.15, 0.2) is 18.2 Å². The minimum atomic E-state index is -0.892. The van der Waals surface area contributed by atoms with Crippen molar-refractivity contribution in [2.45, 2.75) is 32.2 Å². The number of carboxylic acid groups (broad SMARTS) is 1. The van der Waals surface area contributed by atoms with Crippen LogP contribution >= 0.6 is 0 Å². The number of carbonyl (C=O) groups is 1. The van der Waals surface area contributed by atoms with Gasteiger partial charge in [-0.15, -0.1) is 0 Å². The smallest absolute Gasteiger partial charge is 0.308 e. The molecule has 0 unspecified atom stereocenters. The van der Waals surface area contributed by atoms with Gasteiger partial charge in [0.25, 0.3) is 0 Å². The predicted molar refractivity (Wildman–Crippen MR) is 78.1 cm³/mol. The van der Waals surface area contributed by atoms with E-state index in [1.54, 1.807) is 12.1 Å². The van der Waals surface area contributed by atoms with Gasteiger partial charge < -0.3 is 9.84 Å². The molecule has 0 spiro atoms. The molecule has 0 radical (unpaired) electrons. The number of halogens is 1. The molecule has 1 aliphatic rings. The summed E-state index contributed by atoms with van der Waals surface area (Å²) in [5, 5.41) is 9.49. The van der Waals surface area contributed by atoms with Crippen LogP contribution in [0, 0.1) is 11.7 Å². The fraction of sp³-hybridized carbons (Fsp3) is 0.562. The van der Waals surface area contributed by atoms with Crippen LogP contribution in [-0.4, -0.2) is 41.7 Å². The largest absolute Gasteiger partial charge is 0.496 e. The molecule has 0 amide bonds. The number of likely N-dealkylation sites (tertiary alicyclic amines) is 1. The third-order valence-corrected chi connectivity index (χ3v) is 4.19. The Balaban J connectivity index is 2.44. The Morgan fingerprint density at radius 3 is 2.57 bits per heavy atom. The summed E-state index contributed by atoms with van der Waals surface area (Å²) in [6.07, 6.45) is 0. The van der Waals surface area contributed by atoms with Crippen molar-refractivity contribution in [3.8, 4) is 5.75 Å². The van der Waals surface area contributed by atoms with Gasteiger partial charge in [-0.25, -0.2) is 4.39 Å². The van der Waals surface area contributed by atoms with Gasteiger partial charge in [-0.1, -0.05) is 6.07 Å². The average molecular weight is 295 g/mol. The van der Waals surface area contributed by atoms with Gasteiger partial charge in [0.1, 0.15) is 11.6 Å². The molecule has 0 saturated carbocycles. The molecule has 116 valence electrons. The molecule has 4 nitrogen and oxygen atoms in total. The Bertz CT molecular complexity index is 539. The van der Waals surface area contributed by atoms with E-state index in [0.717, 1.165) is 0 Å². The molecule has 1 saturated heterocycles. The normalized spacial score (nSPS) is 23.3. The van der Waals surface area contributed by atoms with E-state index in [2.05, 4.69) is 4.90 Å². The number of rotatable bonds is 3. The predicted octanol–water partition coefficient (Wildman–Crippen LogP) is 2.73. The third kappa shape index (κ3) is 3.02. The van der Waals surface area contributed by atoms with Crippen LogP contribution in [0.2, 0.25) is 0 Å². The molecule has 1 heterocycles. The standard InChI is InChI=1S/C16H22FNO3/c1-16(2,3)18-8-10(11(9-18)15(19)20)14-12(17)6-5-7-13(14)21-4/h5-7,10-11H,8-9H2,1-4H3,(H,19,20)/t10-,11-/m0/s1. The number of aliphatic carboxylic acids is 1. The van der Waals surface area contributed by atoms with Crippen LogP contribution in [0.25, 0.3) is 0 Å². The van der Waals surface area contributed by atoms with Crippen molar-refractivity contribution in [3.63, 3.8) is 0 Å². The van der Waals surface area contributed by atoms with Crippen LogP contribution in [0.4, 0.5) is 4.39 Å². The zero-order valence-electron chi connectivity index (χ0n) is 12.9. The molecule has 21 heavy (non-hydrogen) atoms. The highest BCUT2D eigenvalue weighted by Gasteiger charge is 2.44. The molecule has 1 aliphatic heterocycles. The van der Waals surface area contributed by atoms with Gasteiger partial charge >= 0.3 is 5.97 Å². The van der Waals surface area contributed by atoms with Gasteiger partial charge in [-0.3, -0.25) is 9.69 Å². The van der Waals surface area contributed by atoms with E-state index in [1.165, 1.54) is 13.2 Å². The van der Waals surface area contributed by atoms with Crippen LogP contribution in [0.5, 0.6) is 5.75 Å². The third-order valence-electron chi connectivity index (χ3n) is 4.19. The summed E-state index contributed by atoms with van der Waals surface area (Å²) >= 11 is 0. The first-order valence-corrected chi connectivity index (χ1v) is 7.06. The van der Waals surface area contributed by atoms with E-state index in [1.807, 2.05) is 20.8 Å². The minimum Gasteiger partial charge on any atom is -0.496 e. The molecular weight excluding hydrogens is 273 g/mol. The highest BCUT2D eigenvalue weighted by Crippen LogP contribution is 2.41. The average Bonchev–Trinajstić information content (AvgIpc) is 2.83. The number of benzene rings is 1. The van der Waals surface area contributed by atoms with Crippen LogP contribution in [0.3, 0.4) is 0 Å². The van der Waals surface area contributed by atoms with E-state index in [0.29, 0.717) is 24.4 Å². The summed E-state index contributed by atoms with van der Waals surface area (Å²) in [6.45, 7) is 7.03. The number of ether oxygens (including phenoxy) is 1. The first kappa shape index (κ1) is 15.8. The van der Waals surface area contributed by atoms with Gasteiger partial charge in [0, 0.05) is 30.1 Å². The van der Waals surface area contributed by atoms with Gasteiger partial charge in [0.2, 0.25) is 0 Å². The summed E-state index contributed by atoms with van der Waals surface area (Å²) in [6, 6.07) is 4.61. The SMILES string of the molecule is COc1cccc(F)c1[C@H]1CN(C(C)(C)C)C[C@@H]1C(=O)O. The summed E-state index contributed by atoms with van der Waals surface area (Å²) in [7, 11) is 1.48. The van der Waals surface area contributed by atoms with Gasteiger partial charge in [0.15, 0.2) is 0 Å². The number of methoxy groups -OCH3 is 1. The van der Waals surface area contributed by atoms with Crippen molar-refractivity contribution in [2.24, 2.45) is 5.92 Å². The molecule has 0 bridgehead atoms. The number of carboxylic acids is 1. The lowest BCUT2D eigenvalue weighted by atomic mass is 9.88. The fourth-order valence-electron chi connectivity index (χ4n) is 2.95. The molecule has 5 heteroatoms. The minimum absolute atomic E-state index is 0.152. The zero-order valence-corrected chi connectivity index (χ0v) is 12.9. The molecule has 1 fully saturated rings. The Morgan fingerprint density at radius 1 is 1.38 bits per heavy atom. The van der Waals surface area contributed by atoms with Crippen molar-refractivity contribution in [2.75, 3.05) is 20.2 Å². The van der Waals surface area contributed by atoms with Gasteiger partial charge in [0.05, 0.1) is 13.0 Å². The van der Waals surface area contributed by atoms with Crippen molar-refractivity contribution >= 4 is 5.97 Å². The van der Waals surface area contributed by atoms with E-state index in [9.17, 15) is 14.3 Å². The second-order valence-corrected chi connectivity index (χ2v) is 6.48. The van der Waals surface area contributed by atoms with Crippen LogP contribution in [-0.2, 0) is 4.79 Å². The Morgan fingerprint density at radius 2 is 2.05 bits per heavy atom. The monoisotopic (exact) mass is 295 g/mol. The lowest BCUT2D eigenvalue weighted by Crippen LogP contribution is -2.40. The lowest BCUT2D eigenvalue weighted by Gasteiger charge is -2.31. The number of hydrogen-bond donors (Lipinski definition) is 1. The second kappa shape index (κ2) is 5.64. The molecule has 2 rings (SSSR count). The molecule has 0 aliphatic carbocycles. The van der Waals surface area contributed by atoms with Gasteiger partial charge in [-0.2, -0.15) is 0 Å². The van der Waals surface area contributed by atoms with E-state index >= 15 is 0 Å². The second-order valence-electron chi connectivity index (χ2n) is 6.48. The summed E-state index contributed by atoms with van der Waals surface area (Å²) in [4.78, 5) is 13.7. The topological polar surface area (TPSA) is 49.8 Å². The molecule has 2 atom stereocenters. The maximum absolute atomic E-state index is 14.3. The van der Waals surface area contributed by atoms with E-state index < -0.39 is 23.6 Å². The van der Waals surface area contributed by atoms with Crippen molar-refractivity contribution in [3.05, 3.63) is 29.6 Å². The fourth-order valence-corrected chi connectivity index (χ4v) is 2.95. The summed E-state index contributed by atoms with van der Waals surface area (Å²) < 4.78 is 19.5. The Kier molecular flexibility index (Phi) is 4.23. The quantitative estimate of drug-likeness (QED) is 0.931. The number of nitrogens with zero attached hydrogens (tertiary/aromatic N) is 1. The summed E-state index contributed by atoms with van der Waals surface area (Å²) in [5.41, 5.74) is 0.222. The first-order chi connectivity index (χ1) is 9.75. The highest BCUT2D eigenvalue weighted by atomic mass is 19.1. The molecular formula is C16H22FNO3. The van der Waals surface area contributed by atoms with Crippen molar-refractivity contribution in [1.82, 2.24) is 4.90 Å². The molecule has 1 N–H and O–H groups in total. The van der Waals surface area contributed by atoms with Crippen LogP contribution in [0.1, 0.15) is 32.3 Å².